The summed E-state index contributed by atoms with van der Waals surface area (Å²) in [6, 6.07) is 13.8. The van der Waals surface area contributed by atoms with Gasteiger partial charge in [0.1, 0.15) is 0 Å². The molecule has 0 radical (unpaired) electrons. The van der Waals surface area contributed by atoms with Crippen LogP contribution < -0.4 is 10.1 Å². The highest BCUT2D eigenvalue weighted by Gasteiger charge is 2.04. The Morgan fingerprint density at radius 2 is 2.05 bits per heavy atom. The van der Waals surface area contributed by atoms with Gasteiger partial charge < -0.3 is 10.1 Å². The smallest absolute Gasteiger partial charge is 0.212 e. The summed E-state index contributed by atoms with van der Waals surface area (Å²) in [6.07, 6.45) is 5.50. The number of benzene rings is 1. The highest BCUT2D eigenvalue weighted by atomic mass is 16.5. The van der Waals surface area contributed by atoms with E-state index in [1.165, 1.54) is 0 Å². The maximum absolute atomic E-state index is 5.06. The van der Waals surface area contributed by atoms with Gasteiger partial charge in [-0.2, -0.15) is 5.10 Å². The van der Waals surface area contributed by atoms with E-state index in [1.54, 1.807) is 13.3 Å². The van der Waals surface area contributed by atoms with E-state index in [0.717, 1.165) is 16.9 Å². The molecule has 5 heteroatoms. The Morgan fingerprint density at radius 3 is 2.76 bits per heavy atom. The molecular formula is C16H16N4O. The van der Waals surface area contributed by atoms with Gasteiger partial charge in [-0.1, -0.05) is 18.2 Å². The van der Waals surface area contributed by atoms with Crippen molar-refractivity contribution in [3.05, 3.63) is 66.6 Å². The van der Waals surface area contributed by atoms with Crippen LogP contribution in [0.5, 0.6) is 5.88 Å². The summed E-state index contributed by atoms with van der Waals surface area (Å²) in [4.78, 5) is 4.20. The summed E-state index contributed by atoms with van der Waals surface area (Å²) in [5.41, 5.74) is 3.13. The van der Waals surface area contributed by atoms with E-state index >= 15 is 0 Å². The van der Waals surface area contributed by atoms with Gasteiger partial charge in [-0.25, -0.2) is 9.67 Å². The zero-order chi connectivity index (χ0) is 14.5. The molecule has 106 valence electrons. The lowest BCUT2D eigenvalue weighted by Crippen LogP contribution is -2.05. The second-order valence-corrected chi connectivity index (χ2v) is 4.53. The van der Waals surface area contributed by atoms with Crippen LogP contribution >= 0.6 is 0 Å². The molecule has 21 heavy (non-hydrogen) atoms. The first-order valence-electron chi connectivity index (χ1n) is 6.68. The zero-order valence-corrected chi connectivity index (χ0v) is 11.7. The number of para-hydroxylation sites is 2. The predicted molar refractivity (Wildman–Crippen MR) is 81.7 cm³/mol. The van der Waals surface area contributed by atoms with Gasteiger partial charge in [0, 0.05) is 31.2 Å². The number of pyridine rings is 1. The molecule has 0 aliphatic rings. The molecule has 0 aliphatic carbocycles. The third-order valence-corrected chi connectivity index (χ3v) is 3.14. The highest BCUT2D eigenvalue weighted by Crippen LogP contribution is 2.20. The lowest BCUT2D eigenvalue weighted by Gasteiger charge is -2.12. The van der Waals surface area contributed by atoms with E-state index in [9.17, 15) is 0 Å². The number of ether oxygens (including phenoxy) is 1. The molecule has 3 aromatic rings. The summed E-state index contributed by atoms with van der Waals surface area (Å²) in [7, 11) is 1.61. The molecule has 0 spiro atoms. The first-order valence-corrected chi connectivity index (χ1v) is 6.68. The first-order chi connectivity index (χ1) is 10.4. The largest absolute Gasteiger partial charge is 0.481 e. The second-order valence-electron chi connectivity index (χ2n) is 4.53. The van der Waals surface area contributed by atoms with Crippen LogP contribution in [-0.4, -0.2) is 21.9 Å². The van der Waals surface area contributed by atoms with Gasteiger partial charge in [0.25, 0.3) is 0 Å². The Balaban J connectivity index is 1.76. The van der Waals surface area contributed by atoms with Crippen molar-refractivity contribution in [2.24, 2.45) is 0 Å². The van der Waals surface area contributed by atoms with Gasteiger partial charge in [0.2, 0.25) is 5.88 Å². The number of anilines is 1. The van der Waals surface area contributed by atoms with Crippen LogP contribution in [0.3, 0.4) is 0 Å². The minimum Gasteiger partial charge on any atom is -0.481 e. The van der Waals surface area contributed by atoms with Gasteiger partial charge in [-0.3, -0.25) is 0 Å². The molecule has 2 heterocycles. The van der Waals surface area contributed by atoms with Gasteiger partial charge in [-0.15, -0.1) is 0 Å². The third-order valence-electron chi connectivity index (χ3n) is 3.14. The van der Waals surface area contributed by atoms with Gasteiger partial charge in [0.15, 0.2) is 0 Å². The fourth-order valence-electron chi connectivity index (χ4n) is 2.07. The molecule has 0 saturated heterocycles. The number of nitrogens with zero attached hydrogens (tertiary/aromatic N) is 3. The lowest BCUT2D eigenvalue weighted by atomic mass is 10.2. The van der Waals surface area contributed by atoms with Gasteiger partial charge >= 0.3 is 0 Å². The van der Waals surface area contributed by atoms with E-state index in [1.807, 2.05) is 59.5 Å². The Labute approximate surface area is 123 Å². The third kappa shape index (κ3) is 3.02. The molecule has 0 unspecified atom stereocenters. The molecule has 0 saturated carbocycles. The minimum absolute atomic E-state index is 0.621. The maximum atomic E-state index is 5.06. The second kappa shape index (κ2) is 6.09. The molecule has 1 aromatic carbocycles. The summed E-state index contributed by atoms with van der Waals surface area (Å²) in [5, 5.41) is 7.69. The van der Waals surface area contributed by atoms with Crippen LogP contribution in [0.15, 0.2) is 61.1 Å². The van der Waals surface area contributed by atoms with E-state index in [4.69, 9.17) is 4.74 Å². The minimum atomic E-state index is 0.621. The Kier molecular flexibility index (Phi) is 3.82. The van der Waals surface area contributed by atoms with E-state index in [2.05, 4.69) is 15.4 Å². The number of hydrogen-bond acceptors (Lipinski definition) is 4. The SMILES string of the molecule is COc1ccc(CNc2ccccc2-n2cccn2)cn1. The number of aromatic nitrogens is 3. The molecule has 3 rings (SSSR count). The number of nitrogens with one attached hydrogen (secondary N) is 1. The summed E-state index contributed by atoms with van der Waals surface area (Å²) < 4.78 is 6.90. The summed E-state index contributed by atoms with van der Waals surface area (Å²) in [5.74, 6) is 0.621. The topological polar surface area (TPSA) is 52.0 Å². The molecule has 1 N–H and O–H groups in total. The molecule has 0 aliphatic heterocycles. The van der Waals surface area contributed by atoms with Crippen molar-refractivity contribution < 1.29 is 4.74 Å². The first kappa shape index (κ1) is 13.2. The Hall–Kier alpha value is -2.82. The van der Waals surface area contributed by atoms with Crippen LogP contribution in [0.25, 0.3) is 5.69 Å². The fraction of sp³-hybridized carbons (Fsp3) is 0.125. The van der Waals surface area contributed by atoms with Crippen LogP contribution in [-0.2, 0) is 6.54 Å². The zero-order valence-electron chi connectivity index (χ0n) is 11.7. The van der Waals surface area contributed by atoms with Crippen molar-refractivity contribution in [1.29, 1.82) is 0 Å². The summed E-state index contributed by atoms with van der Waals surface area (Å²) >= 11 is 0. The van der Waals surface area contributed by atoms with Crippen molar-refractivity contribution in [2.45, 2.75) is 6.54 Å². The molecular weight excluding hydrogens is 264 g/mol. The van der Waals surface area contributed by atoms with Crippen LogP contribution in [0.2, 0.25) is 0 Å². The van der Waals surface area contributed by atoms with Crippen molar-refractivity contribution in [2.75, 3.05) is 12.4 Å². The number of methoxy groups -OCH3 is 1. The maximum Gasteiger partial charge on any atom is 0.212 e. The van der Waals surface area contributed by atoms with Crippen molar-refractivity contribution in [3.63, 3.8) is 0 Å². The van der Waals surface area contributed by atoms with E-state index < -0.39 is 0 Å². The molecule has 0 bridgehead atoms. The Morgan fingerprint density at radius 1 is 1.14 bits per heavy atom. The standard InChI is InChI=1S/C16H16N4O/c1-21-16-8-7-13(12-18-16)11-17-14-5-2-3-6-15(14)20-10-4-9-19-20/h2-10,12,17H,11H2,1H3. The van der Waals surface area contributed by atoms with Crippen molar-refractivity contribution >= 4 is 5.69 Å². The van der Waals surface area contributed by atoms with Crippen molar-refractivity contribution in [3.8, 4) is 11.6 Å². The van der Waals surface area contributed by atoms with E-state index in [0.29, 0.717) is 12.4 Å². The number of hydrogen-bond donors (Lipinski definition) is 1. The van der Waals surface area contributed by atoms with Crippen LogP contribution in [0.4, 0.5) is 5.69 Å². The molecule has 0 atom stereocenters. The normalized spacial score (nSPS) is 10.3. The predicted octanol–water partition coefficient (Wildman–Crippen LogP) is 2.89. The highest BCUT2D eigenvalue weighted by molar-refractivity contribution is 5.60. The molecule has 2 aromatic heterocycles. The number of rotatable bonds is 5. The van der Waals surface area contributed by atoms with Crippen LogP contribution in [0, 0.1) is 0 Å². The van der Waals surface area contributed by atoms with E-state index in [-0.39, 0.29) is 0 Å². The lowest BCUT2D eigenvalue weighted by molar-refractivity contribution is 0.397. The quantitative estimate of drug-likeness (QED) is 0.780. The summed E-state index contributed by atoms with van der Waals surface area (Å²) in [6.45, 7) is 0.690. The Bertz CT molecular complexity index is 693. The average Bonchev–Trinajstić information content (AvgIpc) is 3.08. The monoisotopic (exact) mass is 280 g/mol. The molecule has 0 amide bonds. The molecule has 0 fully saturated rings. The van der Waals surface area contributed by atoms with Crippen molar-refractivity contribution in [1.82, 2.24) is 14.8 Å². The van der Waals surface area contributed by atoms with Gasteiger partial charge in [0.05, 0.1) is 18.5 Å². The van der Waals surface area contributed by atoms with Gasteiger partial charge in [-0.05, 0) is 23.8 Å². The molecule has 5 nitrogen and oxygen atoms in total. The van der Waals surface area contributed by atoms with Crippen LogP contribution in [0.1, 0.15) is 5.56 Å². The fourth-order valence-corrected chi connectivity index (χ4v) is 2.07. The average molecular weight is 280 g/mol.